The fraction of sp³-hybridized carbons (Fsp3) is 0.273. The first-order valence-corrected chi connectivity index (χ1v) is 5.05. The summed E-state index contributed by atoms with van der Waals surface area (Å²) in [6.07, 6.45) is 0.254. The molecule has 0 radical (unpaired) electrons. The van der Waals surface area contributed by atoms with Crippen molar-refractivity contribution < 1.29 is 9.53 Å². The number of nitrogens with one attached hydrogen (secondary N) is 1. The van der Waals surface area contributed by atoms with E-state index in [2.05, 4.69) is 10.1 Å². The Morgan fingerprint density at radius 3 is 3.00 bits per heavy atom. The summed E-state index contributed by atoms with van der Waals surface area (Å²) in [5.74, 6) is -0.292. The zero-order valence-corrected chi connectivity index (χ0v) is 9.54. The first-order chi connectivity index (χ1) is 7.67. The van der Waals surface area contributed by atoms with Gasteiger partial charge in [-0.15, -0.1) is 0 Å². The molecule has 0 atom stereocenters. The lowest BCUT2D eigenvalue weighted by Crippen LogP contribution is -2.10. The fourth-order valence-corrected chi connectivity index (χ4v) is 1.34. The van der Waals surface area contributed by atoms with E-state index in [1.165, 1.54) is 7.11 Å². The summed E-state index contributed by atoms with van der Waals surface area (Å²) in [4.78, 5) is 10.9. The number of carbonyl (C=O) groups excluding carboxylic acids is 1. The summed E-state index contributed by atoms with van der Waals surface area (Å²) in [5, 5.41) is 12.3. The molecule has 0 aliphatic rings. The van der Waals surface area contributed by atoms with Gasteiger partial charge in [0, 0.05) is 11.6 Å². The lowest BCUT2D eigenvalue weighted by atomic mass is 10.2. The van der Waals surface area contributed by atoms with Crippen molar-refractivity contribution in [2.45, 2.75) is 6.42 Å². The molecule has 0 aliphatic carbocycles. The van der Waals surface area contributed by atoms with Crippen LogP contribution in [0, 0.1) is 11.3 Å². The molecule has 5 heteroatoms. The largest absolute Gasteiger partial charge is 0.469 e. The number of benzene rings is 1. The predicted molar refractivity (Wildman–Crippen MR) is 61.3 cm³/mol. The zero-order chi connectivity index (χ0) is 12.0. The van der Waals surface area contributed by atoms with Crippen molar-refractivity contribution in [1.29, 1.82) is 5.26 Å². The van der Waals surface area contributed by atoms with E-state index < -0.39 is 0 Å². The normalized spacial score (nSPS) is 9.31. The average Bonchev–Trinajstić information content (AvgIpc) is 2.30. The minimum atomic E-state index is -0.292. The summed E-state index contributed by atoms with van der Waals surface area (Å²) in [7, 11) is 1.34. The molecule has 1 aromatic rings. The third-order valence-electron chi connectivity index (χ3n) is 1.97. The Kier molecular flexibility index (Phi) is 4.62. The van der Waals surface area contributed by atoms with Crippen molar-refractivity contribution in [3.63, 3.8) is 0 Å². The topological polar surface area (TPSA) is 62.1 Å². The van der Waals surface area contributed by atoms with Crippen molar-refractivity contribution in [2.24, 2.45) is 0 Å². The Hall–Kier alpha value is -1.73. The molecule has 1 rings (SSSR count). The van der Waals surface area contributed by atoms with E-state index in [1.807, 2.05) is 6.07 Å². The minimum absolute atomic E-state index is 0.254. The van der Waals surface area contributed by atoms with Crippen LogP contribution in [0.4, 0.5) is 5.69 Å². The molecule has 0 heterocycles. The van der Waals surface area contributed by atoms with E-state index in [0.29, 0.717) is 22.8 Å². The number of nitrogens with zero attached hydrogens (tertiary/aromatic N) is 1. The first-order valence-electron chi connectivity index (χ1n) is 4.67. The molecular formula is C11H11ClN2O2. The number of rotatable bonds is 4. The number of ether oxygens (including phenoxy) is 1. The summed E-state index contributed by atoms with van der Waals surface area (Å²) in [6, 6.07) is 6.99. The Bertz CT molecular complexity index is 426. The van der Waals surface area contributed by atoms with Crippen LogP contribution in [-0.2, 0) is 9.53 Å². The lowest BCUT2D eigenvalue weighted by molar-refractivity contribution is -0.140. The van der Waals surface area contributed by atoms with Gasteiger partial charge in [0.2, 0.25) is 0 Å². The van der Waals surface area contributed by atoms with Crippen LogP contribution in [0.2, 0.25) is 5.02 Å². The fourth-order valence-electron chi connectivity index (χ4n) is 1.16. The molecule has 0 fully saturated rings. The highest BCUT2D eigenvalue weighted by atomic mass is 35.5. The van der Waals surface area contributed by atoms with E-state index in [0.717, 1.165) is 0 Å². The van der Waals surface area contributed by atoms with E-state index >= 15 is 0 Å². The first kappa shape index (κ1) is 12.3. The van der Waals surface area contributed by atoms with Crippen LogP contribution in [0.5, 0.6) is 0 Å². The number of hydrogen-bond donors (Lipinski definition) is 1. The van der Waals surface area contributed by atoms with Gasteiger partial charge >= 0.3 is 5.97 Å². The third-order valence-corrected chi connectivity index (χ3v) is 2.21. The maximum Gasteiger partial charge on any atom is 0.307 e. The van der Waals surface area contributed by atoms with Crippen LogP contribution in [0.15, 0.2) is 18.2 Å². The average molecular weight is 239 g/mol. The second kappa shape index (κ2) is 5.99. The van der Waals surface area contributed by atoms with Crippen molar-refractivity contribution in [1.82, 2.24) is 0 Å². The maximum absolute atomic E-state index is 10.9. The van der Waals surface area contributed by atoms with Crippen LogP contribution < -0.4 is 5.32 Å². The number of nitriles is 1. The van der Waals surface area contributed by atoms with Crippen LogP contribution in [0.25, 0.3) is 0 Å². The number of methoxy groups -OCH3 is 1. The van der Waals surface area contributed by atoms with E-state index in [4.69, 9.17) is 16.9 Å². The van der Waals surface area contributed by atoms with Crippen molar-refractivity contribution in [3.05, 3.63) is 28.8 Å². The van der Waals surface area contributed by atoms with Crippen molar-refractivity contribution in [2.75, 3.05) is 19.0 Å². The Labute approximate surface area is 98.8 Å². The molecule has 0 aliphatic heterocycles. The minimum Gasteiger partial charge on any atom is -0.469 e. The Balaban J connectivity index is 2.61. The molecule has 0 bridgehead atoms. The SMILES string of the molecule is COC(=O)CCNc1ccc(Cl)cc1C#N. The highest BCUT2D eigenvalue weighted by Gasteiger charge is 2.04. The van der Waals surface area contributed by atoms with Gasteiger partial charge in [-0.3, -0.25) is 4.79 Å². The van der Waals surface area contributed by atoms with Gasteiger partial charge in [0.1, 0.15) is 6.07 Å². The number of anilines is 1. The van der Waals surface area contributed by atoms with Gasteiger partial charge in [0.05, 0.1) is 24.8 Å². The zero-order valence-electron chi connectivity index (χ0n) is 8.79. The highest BCUT2D eigenvalue weighted by Crippen LogP contribution is 2.19. The smallest absolute Gasteiger partial charge is 0.307 e. The van der Waals surface area contributed by atoms with E-state index in [1.54, 1.807) is 18.2 Å². The quantitative estimate of drug-likeness (QED) is 0.817. The Morgan fingerprint density at radius 2 is 2.38 bits per heavy atom. The van der Waals surface area contributed by atoms with Crippen molar-refractivity contribution in [3.8, 4) is 6.07 Å². The van der Waals surface area contributed by atoms with Gasteiger partial charge in [0.25, 0.3) is 0 Å². The van der Waals surface area contributed by atoms with Crippen LogP contribution >= 0.6 is 11.6 Å². The predicted octanol–water partition coefficient (Wildman–Crippen LogP) is 2.19. The van der Waals surface area contributed by atoms with Gasteiger partial charge in [-0.25, -0.2) is 0 Å². The van der Waals surface area contributed by atoms with Gasteiger partial charge in [0.15, 0.2) is 0 Å². The number of carbonyl (C=O) groups is 1. The molecule has 1 aromatic carbocycles. The molecule has 0 amide bonds. The molecule has 4 nitrogen and oxygen atoms in total. The van der Waals surface area contributed by atoms with Gasteiger partial charge in [-0.1, -0.05) is 11.6 Å². The number of esters is 1. The molecular weight excluding hydrogens is 228 g/mol. The second-order valence-corrected chi connectivity index (χ2v) is 3.49. The second-order valence-electron chi connectivity index (χ2n) is 3.05. The number of hydrogen-bond acceptors (Lipinski definition) is 4. The lowest BCUT2D eigenvalue weighted by Gasteiger charge is -2.07. The van der Waals surface area contributed by atoms with Crippen LogP contribution in [-0.4, -0.2) is 19.6 Å². The molecule has 84 valence electrons. The summed E-state index contributed by atoms with van der Waals surface area (Å²) < 4.78 is 4.50. The van der Waals surface area contributed by atoms with Crippen molar-refractivity contribution >= 4 is 23.3 Å². The molecule has 0 aromatic heterocycles. The standard InChI is InChI=1S/C11H11ClN2O2/c1-16-11(15)4-5-14-10-3-2-9(12)6-8(10)7-13/h2-3,6,14H,4-5H2,1H3. The van der Waals surface area contributed by atoms with Crippen LogP contribution in [0.3, 0.4) is 0 Å². The molecule has 16 heavy (non-hydrogen) atoms. The third kappa shape index (κ3) is 3.44. The van der Waals surface area contributed by atoms with Gasteiger partial charge in [-0.05, 0) is 18.2 Å². The summed E-state index contributed by atoms with van der Waals surface area (Å²) in [5.41, 5.74) is 1.12. The van der Waals surface area contributed by atoms with Gasteiger partial charge < -0.3 is 10.1 Å². The highest BCUT2D eigenvalue weighted by molar-refractivity contribution is 6.30. The van der Waals surface area contributed by atoms with Gasteiger partial charge in [-0.2, -0.15) is 5.26 Å². The monoisotopic (exact) mass is 238 g/mol. The molecule has 0 saturated carbocycles. The van der Waals surface area contributed by atoms with E-state index in [-0.39, 0.29) is 12.4 Å². The summed E-state index contributed by atoms with van der Waals surface area (Å²) >= 11 is 5.75. The van der Waals surface area contributed by atoms with E-state index in [9.17, 15) is 4.79 Å². The van der Waals surface area contributed by atoms with Crippen LogP contribution in [0.1, 0.15) is 12.0 Å². The number of halogens is 1. The Morgan fingerprint density at radius 1 is 1.62 bits per heavy atom. The molecule has 1 N–H and O–H groups in total. The maximum atomic E-state index is 10.9. The summed E-state index contributed by atoms with van der Waals surface area (Å²) in [6.45, 7) is 0.420. The molecule has 0 unspecified atom stereocenters. The molecule has 0 spiro atoms. The molecule has 0 saturated heterocycles.